The first-order valence-corrected chi connectivity index (χ1v) is 6.53. The van der Waals surface area contributed by atoms with Crippen molar-refractivity contribution in [2.45, 2.75) is 0 Å². The van der Waals surface area contributed by atoms with Crippen LogP contribution in [0.15, 0.2) is 42.5 Å². The minimum Gasteiger partial charge on any atom is -0.506 e. The molecule has 6 heteroatoms. The number of halogens is 2. The van der Waals surface area contributed by atoms with Gasteiger partial charge in [-0.05, 0) is 54.7 Å². The highest BCUT2D eigenvalue weighted by molar-refractivity contribution is 7.80. The summed E-state index contributed by atoms with van der Waals surface area (Å²) in [6.45, 7) is 0. The van der Waals surface area contributed by atoms with Gasteiger partial charge < -0.3 is 15.7 Å². The first-order valence-electron chi connectivity index (χ1n) is 5.37. The van der Waals surface area contributed by atoms with Crippen LogP contribution < -0.4 is 10.6 Å². The molecule has 3 N–H and O–H groups in total. The Kier molecular flexibility index (Phi) is 4.47. The molecule has 0 bridgehead atoms. The fourth-order valence-electron chi connectivity index (χ4n) is 1.43. The van der Waals surface area contributed by atoms with Crippen LogP contribution in [-0.4, -0.2) is 10.2 Å². The summed E-state index contributed by atoms with van der Waals surface area (Å²) >= 11 is 16.8. The van der Waals surface area contributed by atoms with Gasteiger partial charge >= 0.3 is 0 Å². The highest BCUT2D eigenvalue weighted by Gasteiger charge is 2.04. The van der Waals surface area contributed by atoms with Crippen molar-refractivity contribution < 1.29 is 5.11 Å². The summed E-state index contributed by atoms with van der Waals surface area (Å²) in [5.74, 6) is 0.0738. The molecule has 0 fully saturated rings. The molecule has 0 saturated carbocycles. The van der Waals surface area contributed by atoms with Crippen LogP contribution in [0.25, 0.3) is 0 Å². The number of anilines is 2. The van der Waals surface area contributed by atoms with E-state index in [1.54, 1.807) is 36.4 Å². The van der Waals surface area contributed by atoms with Crippen molar-refractivity contribution >= 4 is 51.9 Å². The summed E-state index contributed by atoms with van der Waals surface area (Å²) in [5.41, 5.74) is 1.24. The van der Waals surface area contributed by atoms with Gasteiger partial charge in [0.05, 0.1) is 5.69 Å². The quantitative estimate of drug-likeness (QED) is 0.564. The lowest BCUT2D eigenvalue weighted by molar-refractivity contribution is 0.478. The molecule has 3 nitrogen and oxygen atoms in total. The third kappa shape index (κ3) is 3.99. The van der Waals surface area contributed by atoms with Crippen molar-refractivity contribution in [1.29, 1.82) is 0 Å². The van der Waals surface area contributed by atoms with Crippen LogP contribution in [0.1, 0.15) is 0 Å². The lowest BCUT2D eigenvalue weighted by Crippen LogP contribution is -2.19. The first kappa shape index (κ1) is 13.9. The summed E-state index contributed by atoms with van der Waals surface area (Å²) in [6.07, 6.45) is 0. The summed E-state index contributed by atoms with van der Waals surface area (Å²) in [4.78, 5) is 0. The zero-order valence-electron chi connectivity index (χ0n) is 9.65. The monoisotopic (exact) mass is 312 g/mol. The number of phenolic OH excluding ortho intramolecular Hbond substituents is 1. The topological polar surface area (TPSA) is 44.3 Å². The molecule has 2 aromatic rings. The second-order valence-electron chi connectivity index (χ2n) is 3.75. The van der Waals surface area contributed by atoms with Gasteiger partial charge in [-0.15, -0.1) is 0 Å². The number of aromatic hydroxyl groups is 1. The first-order chi connectivity index (χ1) is 9.04. The van der Waals surface area contributed by atoms with E-state index in [0.717, 1.165) is 5.69 Å². The van der Waals surface area contributed by atoms with Crippen LogP contribution in [0.4, 0.5) is 11.4 Å². The molecule has 0 aliphatic carbocycles. The van der Waals surface area contributed by atoms with E-state index < -0.39 is 0 Å². The molecule has 0 aromatic heterocycles. The molecule has 2 aromatic carbocycles. The zero-order chi connectivity index (χ0) is 13.8. The average molecular weight is 313 g/mol. The molecule has 0 unspecified atom stereocenters. The van der Waals surface area contributed by atoms with Crippen molar-refractivity contribution in [3.63, 3.8) is 0 Å². The largest absolute Gasteiger partial charge is 0.506 e. The van der Waals surface area contributed by atoms with Crippen LogP contribution in [0, 0.1) is 0 Å². The Balaban J connectivity index is 2.05. The summed E-state index contributed by atoms with van der Waals surface area (Å²) < 4.78 is 0. The number of hydrogen-bond acceptors (Lipinski definition) is 2. The van der Waals surface area contributed by atoms with Crippen molar-refractivity contribution in [2.24, 2.45) is 0 Å². The second-order valence-corrected chi connectivity index (χ2v) is 5.03. The van der Waals surface area contributed by atoms with Crippen LogP contribution in [0.5, 0.6) is 5.75 Å². The molecule has 0 heterocycles. The van der Waals surface area contributed by atoms with Crippen molar-refractivity contribution in [3.8, 4) is 5.75 Å². The SMILES string of the molecule is Oc1ccc(Cl)cc1NC(=S)Nc1ccc(Cl)cc1. The van der Waals surface area contributed by atoms with Gasteiger partial charge in [-0.2, -0.15) is 0 Å². The minimum absolute atomic E-state index is 0.0738. The Morgan fingerprint density at radius 3 is 2.26 bits per heavy atom. The summed E-state index contributed by atoms with van der Waals surface area (Å²) in [5, 5.41) is 17.0. The van der Waals surface area contributed by atoms with Gasteiger partial charge in [0.1, 0.15) is 5.75 Å². The molecule has 0 radical (unpaired) electrons. The molecule has 98 valence electrons. The number of phenols is 1. The smallest absolute Gasteiger partial charge is 0.175 e. The van der Waals surface area contributed by atoms with Crippen LogP contribution in [-0.2, 0) is 0 Å². The van der Waals surface area contributed by atoms with Gasteiger partial charge in [0.25, 0.3) is 0 Å². The molecule has 0 amide bonds. The number of nitrogens with one attached hydrogen (secondary N) is 2. The van der Waals surface area contributed by atoms with E-state index in [9.17, 15) is 5.11 Å². The van der Waals surface area contributed by atoms with E-state index in [1.165, 1.54) is 6.07 Å². The summed E-state index contributed by atoms with van der Waals surface area (Å²) in [7, 11) is 0. The third-order valence-corrected chi connectivity index (χ3v) is 3.00. The molecule has 0 atom stereocenters. The van der Waals surface area contributed by atoms with E-state index >= 15 is 0 Å². The van der Waals surface area contributed by atoms with Gasteiger partial charge in [-0.25, -0.2) is 0 Å². The van der Waals surface area contributed by atoms with Crippen molar-refractivity contribution in [1.82, 2.24) is 0 Å². The fraction of sp³-hybridized carbons (Fsp3) is 0. The Morgan fingerprint density at radius 1 is 0.947 bits per heavy atom. The lowest BCUT2D eigenvalue weighted by atomic mass is 10.3. The Morgan fingerprint density at radius 2 is 1.58 bits per heavy atom. The molecular weight excluding hydrogens is 303 g/mol. The van der Waals surface area contributed by atoms with E-state index in [2.05, 4.69) is 10.6 Å². The number of hydrogen-bond donors (Lipinski definition) is 3. The molecule has 0 aliphatic rings. The third-order valence-electron chi connectivity index (χ3n) is 2.31. The van der Waals surface area contributed by atoms with Gasteiger partial charge in [0.2, 0.25) is 0 Å². The molecule has 19 heavy (non-hydrogen) atoms. The van der Waals surface area contributed by atoms with Crippen LogP contribution in [0.3, 0.4) is 0 Å². The molecular formula is C13H10Cl2N2OS. The van der Waals surface area contributed by atoms with Crippen LogP contribution >= 0.6 is 35.4 Å². The maximum Gasteiger partial charge on any atom is 0.175 e. The minimum atomic E-state index is 0.0738. The maximum atomic E-state index is 9.66. The average Bonchev–Trinajstić information content (AvgIpc) is 2.37. The fourth-order valence-corrected chi connectivity index (χ4v) is 1.95. The van der Waals surface area contributed by atoms with Crippen molar-refractivity contribution in [3.05, 3.63) is 52.5 Å². The van der Waals surface area contributed by atoms with Gasteiger partial charge in [0, 0.05) is 15.7 Å². The normalized spacial score (nSPS) is 10.0. The predicted octanol–water partition coefficient (Wildman–Crippen LogP) is 4.51. The number of benzene rings is 2. The Bertz CT molecular complexity index is 602. The summed E-state index contributed by atoms with van der Waals surface area (Å²) in [6, 6.07) is 11.8. The zero-order valence-corrected chi connectivity index (χ0v) is 12.0. The van der Waals surface area contributed by atoms with Crippen molar-refractivity contribution in [2.75, 3.05) is 10.6 Å². The lowest BCUT2D eigenvalue weighted by Gasteiger charge is -2.12. The van der Waals surface area contributed by atoms with E-state index in [4.69, 9.17) is 35.4 Å². The van der Waals surface area contributed by atoms with E-state index in [1.807, 2.05) is 0 Å². The molecule has 0 aliphatic heterocycles. The molecule has 2 rings (SSSR count). The number of rotatable bonds is 2. The Hall–Kier alpha value is -1.49. The predicted molar refractivity (Wildman–Crippen MR) is 84.4 cm³/mol. The van der Waals surface area contributed by atoms with Gasteiger partial charge in [0.15, 0.2) is 5.11 Å². The molecule has 0 saturated heterocycles. The number of thiocarbonyl (C=S) groups is 1. The second kappa shape index (κ2) is 6.10. The highest BCUT2D eigenvalue weighted by Crippen LogP contribution is 2.26. The molecule has 0 spiro atoms. The van der Waals surface area contributed by atoms with E-state index in [0.29, 0.717) is 20.8 Å². The van der Waals surface area contributed by atoms with Gasteiger partial charge in [-0.3, -0.25) is 0 Å². The Labute approximate surface area is 126 Å². The standard InChI is InChI=1S/C13H10Cl2N2OS/c14-8-1-4-10(5-2-8)16-13(19)17-11-7-9(15)3-6-12(11)18/h1-7,18H,(H2,16,17,19). The van der Waals surface area contributed by atoms with Gasteiger partial charge in [-0.1, -0.05) is 23.2 Å². The van der Waals surface area contributed by atoms with Crippen LogP contribution in [0.2, 0.25) is 10.0 Å². The highest BCUT2D eigenvalue weighted by atomic mass is 35.5. The van der Waals surface area contributed by atoms with E-state index in [-0.39, 0.29) is 5.75 Å². The maximum absolute atomic E-state index is 9.66.